The van der Waals surface area contributed by atoms with E-state index in [1.54, 1.807) is 24.1 Å². The van der Waals surface area contributed by atoms with E-state index in [0.29, 0.717) is 19.7 Å². The number of rotatable bonds is 5. The molecule has 1 aliphatic rings. The molecule has 1 aromatic heterocycles. The molecule has 7 nitrogen and oxygen atoms in total. The highest BCUT2D eigenvalue weighted by Crippen LogP contribution is 2.18. The second kappa shape index (κ2) is 9.39. The molecule has 0 bridgehead atoms. The van der Waals surface area contributed by atoms with Crippen molar-refractivity contribution in [3.8, 4) is 0 Å². The highest BCUT2D eigenvalue weighted by molar-refractivity contribution is 5.86. The van der Waals surface area contributed by atoms with Gasteiger partial charge in [-0.3, -0.25) is 0 Å². The van der Waals surface area contributed by atoms with Crippen molar-refractivity contribution in [3.63, 3.8) is 0 Å². The highest BCUT2D eigenvalue weighted by atomic mass is 16.6. The van der Waals surface area contributed by atoms with Crippen LogP contribution in [0.15, 0.2) is 24.4 Å². The Balaban J connectivity index is 1.80. The minimum Gasteiger partial charge on any atom is -0.463 e. The number of amides is 1. The average molecular weight is 375 g/mol. The van der Waals surface area contributed by atoms with Crippen LogP contribution in [0.25, 0.3) is 6.08 Å². The summed E-state index contributed by atoms with van der Waals surface area (Å²) in [6, 6.07) is 4.03. The molecule has 0 unspecified atom stereocenters. The second-order valence-corrected chi connectivity index (χ2v) is 7.45. The number of hydrogen-bond donors (Lipinski definition) is 1. The van der Waals surface area contributed by atoms with Gasteiger partial charge >= 0.3 is 12.1 Å². The lowest BCUT2D eigenvalue weighted by molar-refractivity contribution is -0.137. The van der Waals surface area contributed by atoms with E-state index in [2.05, 4.69) is 10.3 Å². The van der Waals surface area contributed by atoms with Crippen LogP contribution in [0, 0.1) is 0 Å². The molecule has 0 saturated carbocycles. The Morgan fingerprint density at radius 2 is 2.00 bits per heavy atom. The Morgan fingerprint density at radius 1 is 1.30 bits per heavy atom. The van der Waals surface area contributed by atoms with E-state index in [0.717, 1.165) is 24.2 Å². The number of carbonyl (C=O) groups excluding carboxylic acids is 2. The van der Waals surface area contributed by atoms with E-state index >= 15 is 0 Å². The molecule has 0 aliphatic carbocycles. The Morgan fingerprint density at radius 3 is 2.56 bits per heavy atom. The summed E-state index contributed by atoms with van der Waals surface area (Å²) in [5, 5.41) is 3.40. The summed E-state index contributed by atoms with van der Waals surface area (Å²) >= 11 is 0. The number of pyridine rings is 1. The number of aromatic nitrogens is 1. The van der Waals surface area contributed by atoms with Crippen LogP contribution in [-0.4, -0.2) is 53.3 Å². The van der Waals surface area contributed by atoms with Gasteiger partial charge in [-0.15, -0.1) is 0 Å². The molecule has 148 valence electrons. The molecule has 0 radical (unpaired) electrons. The maximum absolute atomic E-state index is 12.1. The number of hydrogen-bond acceptors (Lipinski definition) is 6. The number of nitrogens with zero attached hydrogens (tertiary/aromatic N) is 2. The first kappa shape index (κ1) is 20.7. The summed E-state index contributed by atoms with van der Waals surface area (Å²) in [5.74, 6) is 0.412. The number of carbonyl (C=O) groups is 2. The van der Waals surface area contributed by atoms with Gasteiger partial charge in [-0.2, -0.15) is 0 Å². The number of piperidine rings is 1. The van der Waals surface area contributed by atoms with Gasteiger partial charge in [0.1, 0.15) is 11.4 Å². The first-order chi connectivity index (χ1) is 12.8. The van der Waals surface area contributed by atoms with E-state index in [4.69, 9.17) is 9.47 Å². The van der Waals surface area contributed by atoms with Crippen LogP contribution in [0.4, 0.5) is 10.6 Å². The average Bonchev–Trinajstić information content (AvgIpc) is 2.60. The molecule has 1 aliphatic heterocycles. The summed E-state index contributed by atoms with van der Waals surface area (Å²) in [6.45, 7) is 9.06. The molecular weight excluding hydrogens is 346 g/mol. The first-order valence-corrected chi connectivity index (χ1v) is 9.32. The molecule has 0 spiro atoms. The Labute approximate surface area is 160 Å². The van der Waals surface area contributed by atoms with Crippen LogP contribution in [0.2, 0.25) is 0 Å². The minimum atomic E-state index is -0.473. The first-order valence-electron chi connectivity index (χ1n) is 9.32. The summed E-state index contributed by atoms with van der Waals surface area (Å²) in [7, 11) is 0. The SMILES string of the molecule is CCOC(=O)C=Cc1ccc(NC2CCN(C(=O)OC(C)(C)C)CC2)nc1. The predicted molar refractivity (Wildman–Crippen MR) is 104 cm³/mol. The lowest BCUT2D eigenvalue weighted by atomic mass is 10.1. The van der Waals surface area contributed by atoms with Crippen molar-refractivity contribution in [1.82, 2.24) is 9.88 Å². The molecule has 27 heavy (non-hydrogen) atoms. The summed E-state index contributed by atoms with van der Waals surface area (Å²) in [4.78, 5) is 29.5. The number of anilines is 1. The molecule has 1 fully saturated rings. The molecule has 1 saturated heterocycles. The maximum Gasteiger partial charge on any atom is 0.410 e. The molecule has 1 amide bonds. The third-order valence-corrected chi connectivity index (χ3v) is 3.98. The molecule has 0 atom stereocenters. The van der Waals surface area contributed by atoms with Crippen molar-refractivity contribution in [1.29, 1.82) is 0 Å². The van der Waals surface area contributed by atoms with Crippen LogP contribution in [0.5, 0.6) is 0 Å². The van der Waals surface area contributed by atoms with Crippen molar-refractivity contribution in [2.45, 2.75) is 52.2 Å². The predicted octanol–water partition coefficient (Wildman–Crippen LogP) is 3.47. The van der Waals surface area contributed by atoms with Crippen molar-refractivity contribution in [2.24, 2.45) is 0 Å². The van der Waals surface area contributed by atoms with Gasteiger partial charge in [0.2, 0.25) is 0 Å². The van der Waals surface area contributed by atoms with Crippen LogP contribution < -0.4 is 5.32 Å². The molecule has 0 aromatic carbocycles. The topological polar surface area (TPSA) is 80.8 Å². The second-order valence-electron chi connectivity index (χ2n) is 7.45. The monoisotopic (exact) mass is 375 g/mol. The van der Waals surface area contributed by atoms with Crippen LogP contribution in [-0.2, 0) is 14.3 Å². The van der Waals surface area contributed by atoms with Gasteiger partial charge in [-0.1, -0.05) is 0 Å². The summed E-state index contributed by atoms with van der Waals surface area (Å²) < 4.78 is 10.3. The van der Waals surface area contributed by atoms with Crippen molar-refractivity contribution in [3.05, 3.63) is 30.0 Å². The standard InChI is InChI=1S/C20H29N3O4/c1-5-26-18(24)9-7-15-6-8-17(21-14-15)22-16-10-12-23(13-11-16)19(25)27-20(2,3)4/h6-9,14,16H,5,10-13H2,1-4H3,(H,21,22). The van der Waals surface area contributed by atoms with Gasteiger partial charge in [0.25, 0.3) is 0 Å². The number of ether oxygens (including phenoxy) is 2. The number of nitrogens with one attached hydrogen (secondary N) is 1. The Hall–Kier alpha value is -2.57. The fraction of sp³-hybridized carbons (Fsp3) is 0.550. The fourth-order valence-corrected chi connectivity index (χ4v) is 2.69. The molecule has 7 heteroatoms. The van der Waals surface area contributed by atoms with Gasteiger partial charge in [0.05, 0.1) is 6.61 Å². The van der Waals surface area contributed by atoms with Crippen LogP contribution >= 0.6 is 0 Å². The van der Waals surface area contributed by atoms with Crippen molar-refractivity contribution >= 4 is 24.0 Å². The minimum absolute atomic E-state index is 0.253. The fourth-order valence-electron chi connectivity index (χ4n) is 2.69. The zero-order valence-electron chi connectivity index (χ0n) is 16.5. The number of esters is 1. The third kappa shape index (κ3) is 7.29. The van der Waals surface area contributed by atoms with E-state index in [1.165, 1.54) is 6.08 Å². The quantitative estimate of drug-likeness (QED) is 0.627. The normalized spacial score (nSPS) is 15.6. The van der Waals surface area contributed by atoms with Gasteiger partial charge in [-0.05, 0) is 64.3 Å². The third-order valence-electron chi connectivity index (χ3n) is 3.98. The molecule has 2 rings (SSSR count). The van der Waals surface area contributed by atoms with E-state index in [-0.39, 0.29) is 18.1 Å². The van der Waals surface area contributed by atoms with Crippen molar-refractivity contribution in [2.75, 3.05) is 25.0 Å². The largest absolute Gasteiger partial charge is 0.463 e. The Bertz CT molecular complexity index is 657. The zero-order chi connectivity index (χ0) is 19.9. The molecule has 1 N–H and O–H groups in total. The van der Waals surface area contributed by atoms with Gasteiger partial charge in [0, 0.05) is 31.4 Å². The zero-order valence-corrected chi connectivity index (χ0v) is 16.5. The summed E-state index contributed by atoms with van der Waals surface area (Å²) in [6.07, 6.45) is 6.19. The number of likely N-dealkylation sites (tertiary alicyclic amines) is 1. The molecule has 1 aromatic rings. The molecular formula is C20H29N3O4. The Kier molecular flexibility index (Phi) is 7.21. The van der Waals surface area contributed by atoms with Gasteiger partial charge < -0.3 is 19.7 Å². The van der Waals surface area contributed by atoms with E-state index in [1.807, 2.05) is 32.9 Å². The van der Waals surface area contributed by atoms with Crippen LogP contribution in [0.1, 0.15) is 46.1 Å². The van der Waals surface area contributed by atoms with Gasteiger partial charge in [-0.25, -0.2) is 14.6 Å². The smallest absolute Gasteiger partial charge is 0.410 e. The van der Waals surface area contributed by atoms with Crippen LogP contribution in [0.3, 0.4) is 0 Å². The van der Waals surface area contributed by atoms with E-state index < -0.39 is 5.60 Å². The van der Waals surface area contributed by atoms with Crippen molar-refractivity contribution < 1.29 is 19.1 Å². The van der Waals surface area contributed by atoms with Gasteiger partial charge in [0.15, 0.2) is 0 Å². The highest BCUT2D eigenvalue weighted by Gasteiger charge is 2.26. The lowest BCUT2D eigenvalue weighted by Crippen LogP contribution is -2.44. The summed E-state index contributed by atoms with van der Waals surface area (Å²) in [5.41, 5.74) is 0.355. The lowest BCUT2D eigenvalue weighted by Gasteiger charge is -2.33. The maximum atomic E-state index is 12.1. The van der Waals surface area contributed by atoms with E-state index in [9.17, 15) is 9.59 Å². The molecule has 2 heterocycles.